The Morgan fingerprint density at radius 1 is 1.11 bits per heavy atom. The molecule has 4 aromatic rings. The van der Waals surface area contributed by atoms with E-state index in [1.165, 1.54) is 24.3 Å². The van der Waals surface area contributed by atoms with Crippen molar-refractivity contribution in [1.29, 1.82) is 0 Å². The van der Waals surface area contributed by atoms with Crippen LogP contribution in [0, 0.1) is 29.1 Å². The van der Waals surface area contributed by atoms with Gasteiger partial charge < -0.3 is 0 Å². The van der Waals surface area contributed by atoms with E-state index in [1.807, 2.05) is 32.9 Å². The number of aromatic nitrogens is 2. The summed E-state index contributed by atoms with van der Waals surface area (Å²) in [6.45, 7) is 10.2. The number of rotatable bonds is 8. The summed E-state index contributed by atoms with van der Waals surface area (Å²) in [5, 5.41) is 4.24. The molecule has 0 saturated carbocycles. The molecule has 184 valence electrons. The van der Waals surface area contributed by atoms with Gasteiger partial charge in [-0.2, -0.15) is 0 Å². The Kier molecular flexibility index (Phi) is 7.14. The number of alkyl halides is 1. The van der Waals surface area contributed by atoms with E-state index in [4.69, 9.17) is 8.93 Å². The Labute approximate surface area is 208 Å². The van der Waals surface area contributed by atoms with Crippen LogP contribution in [0.4, 0.5) is 8.78 Å². The fourth-order valence-electron chi connectivity index (χ4n) is 4.09. The third-order valence-electron chi connectivity index (χ3n) is 6.08. The van der Waals surface area contributed by atoms with Gasteiger partial charge >= 0.3 is 204 Å². The van der Waals surface area contributed by atoms with Gasteiger partial charge in [0.25, 0.3) is 0 Å². The number of benzene rings is 2. The molecule has 4 N–H and O–H groups in total. The number of nitrogens with one attached hydrogen (secondary N) is 2. The molecule has 35 heavy (non-hydrogen) atoms. The summed E-state index contributed by atoms with van der Waals surface area (Å²) >= 11 is -3.87. The van der Waals surface area contributed by atoms with Crippen LogP contribution in [-0.2, 0) is 9.49 Å². The van der Waals surface area contributed by atoms with Crippen LogP contribution in [-0.4, -0.2) is 20.9 Å². The summed E-state index contributed by atoms with van der Waals surface area (Å²) in [4.78, 5) is 8.01. The topological polar surface area (TPSA) is 83.8 Å². The normalized spacial score (nSPS) is 14.0. The third kappa shape index (κ3) is 5.33. The number of nitrogens with zero attached hydrogens (tertiary/aromatic N) is 1. The second-order valence-corrected chi connectivity index (χ2v) is 15.1. The minimum atomic E-state index is -3.87. The second kappa shape index (κ2) is 9.94. The third-order valence-corrected chi connectivity index (χ3v) is 11.4. The van der Waals surface area contributed by atoms with E-state index in [2.05, 4.69) is 16.9 Å². The van der Waals surface area contributed by atoms with Crippen LogP contribution in [0.15, 0.2) is 55.1 Å². The molecule has 0 aliphatic carbocycles. The molecular formula is C27H29F2IN4O. The number of H-pyrrole nitrogens is 1. The summed E-state index contributed by atoms with van der Waals surface area (Å²) in [5.41, 5.74) is 5.94. The van der Waals surface area contributed by atoms with Gasteiger partial charge in [-0.1, -0.05) is 0 Å². The standard InChI is InChI=1S/C27H29F2IN4O/c1-5-30(31,35)24-14-22(33-27(17(24)3)19-6-8-20(28)9-7-19)10-11-32-18(4)25-15-23-16(2)12-21(29)13-26(23)34-25/h6-9,12-15,32,34H,4-5,10-11H2,1-3H3,(H2,31,35). The van der Waals surface area contributed by atoms with Gasteiger partial charge in [0.05, 0.1) is 0 Å². The minimum absolute atomic E-state index is 0.286. The van der Waals surface area contributed by atoms with Gasteiger partial charge in [-0.3, -0.25) is 0 Å². The number of fused-ring (bicyclic) bond motifs is 1. The fraction of sp³-hybridized carbons (Fsp3) is 0.222. The van der Waals surface area contributed by atoms with Gasteiger partial charge in [-0.25, -0.2) is 4.39 Å². The van der Waals surface area contributed by atoms with Crippen LogP contribution in [0.5, 0.6) is 0 Å². The second-order valence-electron chi connectivity index (χ2n) is 8.54. The Balaban J connectivity index is 1.58. The molecule has 5 nitrogen and oxygen atoms in total. The number of hydrogen-bond donors (Lipinski definition) is 3. The molecule has 0 aliphatic heterocycles. The summed E-state index contributed by atoms with van der Waals surface area (Å²) in [6.07, 6.45) is 0.537. The first-order chi connectivity index (χ1) is 16.6. The van der Waals surface area contributed by atoms with E-state index < -0.39 is 18.7 Å². The van der Waals surface area contributed by atoms with Crippen LogP contribution < -0.4 is 9.26 Å². The molecule has 0 bridgehead atoms. The average molecular weight is 590 g/mol. The first-order valence-corrected chi connectivity index (χ1v) is 16.0. The summed E-state index contributed by atoms with van der Waals surface area (Å²) in [6, 6.07) is 12.9. The number of hydrogen-bond acceptors (Lipinski definition) is 3. The molecule has 2 aromatic carbocycles. The SMILES string of the molecule is C=C(NCCc1cc(I(N)(=O)CC)c(C)c(-c2ccc(F)cc2)n1)c1cc2c(C)cc(F)cc2[nH]1. The van der Waals surface area contributed by atoms with Gasteiger partial charge in [0.1, 0.15) is 0 Å². The average Bonchev–Trinajstić information content (AvgIpc) is 3.25. The summed E-state index contributed by atoms with van der Waals surface area (Å²) < 4.78 is 47.7. The molecule has 4 rings (SSSR count). The van der Waals surface area contributed by atoms with Crippen molar-refractivity contribution < 1.29 is 11.8 Å². The van der Waals surface area contributed by atoms with Gasteiger partial charge in [0, 0.05) is 0 Å². The van der Waals surface area contributed by atoms with E-state index >= 15 is 0 Å². The Hall–Kier alpha value is -2.98. The zero-order chi connectivity index (χ0) is 25.3. The van der Waals surface area contributed by atoms with Crippen molar-refractivity contribution in [3.63, 3.8) is 0 Å². The zero-order valence-electron chi connectivity index (χ0n) is 20.0. The van der Waals surface area contributed by atoms with Crippen LogP contribution in [0.25, 0.3) is 27.9 Å². The van der Waals surface area contributed by atoms with Crippen LogP contribution in [0.1, 0.15) is 29.4 Å². The summed E-state index contributed by atoms with van der Waals surface area (Å²) in [5.74, 6) is -0.616. The number of halogens is 3. The predicted molar refractivity (Wildman–Crippen MR) is 146 cm³/mol. The van der Waals surface area contributed by atoms with Gasteiger partial charge in [-0.15, -0.1) is 0 Å². The van der Waals surface area contributed by atoms with E-state index in [0.717, 1.165) is 39.0 Å². The predicted octanol–water partition coefficient (Wildman–Crippen LogP) is 6.38. The van der Waals surface area contributed by atoms with Crippen molar-refractivity contribution in [2.45, 2.75) is 27.2 Å². The van der Waals surface area contributed by atoms with Crippen LogP contribution in [0.2, 0.25) is 0 Å². The summed E-state index contributed by atoms with van der Waals surface area (Å²) in [7, 11) is 0. The molecule has 1 atom stereocenters. The van der Waals surface area contributed by atoms with E-state index in [1.54, 1.807) is 12.1 Å². The first-order valence-electron chi connectivity index (χ1n) is 11.3. The number of pyridine rings is 1. The van der Waals surface area contributed by atoms with Crippen LogP contribution >= 0.6 is 18.7 Å². The molecule has 0 fully saturated rings. The Bertz CT molecular complexity index is 1460. The van der Waals surface area contributed by atoms with Crippen molar-refractivity contribution in [3.05, 3.63) is 92.8 Å². The van der Waals surface area contributed by atoms with E-state index in [-0.39, 0.29) is 11.6 Å². The van der Waals surface area contributed by atoms with Crippen molar-refractivity contribution in [2.75, 3.05) is 11.0 Å². The molecular weight excluding hydrogens is 561 g/mol. The van der Waals surface area contributed by atoms with E-state index in [9.17, 15) is 11.8 Å². The fourth-order valence-corrected chi connectivity index (χ4v) is 7.43. The molecule has 1 unspecified atom stereocenters. The molecule has 0 spiro atoms. The molecule has 8 heteroatoms. The van der Waals surface area contributed by atoms with Crippen molar-refractivity contribution in [2.24, 2.45) is 3.95 Å². The van der Waals surface area contributed by atoms with Crippen LogP contribution in [0.3, 0.4) is 0 Å². The van der Waals surface area contributed by atoms with Gasteiger partial charge in [0.15, 0.2) is 0 Å². The van der Waals surface area contributed by atoms with Crippen molar-refractivity contribution in [3.8, 4) is 11.3 Å². The molecule has 0 radical (unpaired) electrons. The van der Waals surface area contributed by atoms with Gasteiger partial charge in [0.2, 0.25) is 0 Å². The molecule has 0 saturated heterocycles. The Morgan fingerprint density at radius 3 is 2.51 bits per heavy atom. The molecule has 2 aromatic heterocycles. The zero-order valence-corrected chi connectivity index (χ0v) is 22.2. The molecule has 0 amide bonds. The van der Waals surface area contributed by atoms with Crippen molar-refractivity contribution >= 4 is 35.3 Å². The monoisotopic (exact) mass is 590 g/mol. The number of aromatic amines is 1. The number of nitrogens with two attached hydrogens (primary N) is 1. The quantitative estimate of drug-likeness (QED) is 0.126. The van der Waals surface area contributed by atoms with E-state index in [0.29, 0.717) is 32.4 Å². The van der Waals surface area contributed by atoms with Gasteiger partial charge in [-0.05, 0) is 0 Å². The first kappa shape index (κ1) is 25.1. The number of aryl methyl sites for hydroxylation is 1. The Morgan fingerprint density at radius 2 is 1.83 bits per heavy atom. The van der Waals surface area contributed by atoms with Crippen molar-refractivity contribution in [1.82, 2.24) is 15.3 Å². The molecule has 0 aliphatic rings. The maximum absolute atomic E-state index is 13.7. The maximum atomic E-state index is 13.7. The molecule has 2 heterocycles.